The summed E-state index contributed by atoms with van der Waals surface area (Å²) in [4.78, 5) is 4.58. The maximum Gasteiger partial charge on any atom is 0.126 e. The molecule has 0 fully saturated rings. The Labute approximate surface area is 101 Å². The summed E-state index contributed by atoms with van der Waals surface area (Å²) in [6, 6.07) is 7.92. The Morgan fingerprint density at radius 2 is 2.06 bits per heavy atom. The third-order valence-electron chi connectivity index (χ3n) is 2.56. The predicted octanol–water partition coefficient (Wildman–Crippen LogP) is 4.02. The van der Waals surface area contributed by atoms with Gasteiger partial charge in [0.05, 0.1) is 5.52 Å². The van der Waals surface area contributed by atoms with Crippen LogP contribution in [0.15, 0.2) is 24.3 Å². The fraction of sp³-hybridized carbons (Fsp3) is 0.308. The van der Waals surface area contributed by atoms with E-state index in [-0.39, 0.29) is 0 Å². The molecule has 0 unspecified atom stereocenters. The van der Waals surface area contributed by atoms with Crippen LogP contribution >= 0.6 is 11.6 Å². The van der Waals surface area contributed by atoms with Gasteiger partial charge in [0.15, 0.2) is 0 Å². The Kier molecular flexibility index (Phi) is 3.30. The van der Waals surface area contributed by atoms with Gasteiger partial charge >= 0.3 is 0 Å². The molecule has 0 saturated carbocycles. The van der Waals surface area contributed by atoms with Gasteiger partial charge in [0.1, 0.15) is 5.82 Å². The van der Waals surface area contributed by atoms with E-state index in [1.165, 1.54) is 0 Å². The molecule has 0 bridgehead atoms. The second-order valence-corrected chi connectivity index (χ2v) is 4.29. The molecule has 0 aliphatic rings. The van der Waals surface area contributed by atoms with Crippen LogP contribution in [-0.2, 0) is 0 Å². The molecule has 0 amide bonds. The van der Waals surface area contributed by atoms with Gasteiger partial charge in [-0.1, -0.05) is 24.6 Å². The Bertz CT molecular complexity index is 509. The van der Waals surface area contributed by atoms with E-state index in [1.54, 1.807) is 0 Å². The first kappa shape index (κ1) is 11.2. The molecule has 1 aromatic carbocycles. The molecule has 1 aromatic heterocycles. The standard InChI is InChI=1S/C13H15ClN2/c1-3-8-15-12-7-5-10-11(14)6-4-9(2)13(10)16-12/h4-7H,3,8H2,1-2H3,(H,15,16). The summed E-state index contributed by atoms with van der Waals surface area (Å²) >= 11 is 6.13. The van der Waals surface area contributed by atoms with Crippen molar-refractivity contribution in [3.8, 4) is 0 Å². The molecule has 0 aliphatic carbocycles. The van der Waals surface area contributed by atoms with Crippen LogP contribution in [0.2, 0.25) is 5.02 Å². The van der Waals surface area contributed by atoms with E-state index < -0.39 is 0 Å². The topological polar surface area (TPSA) is 24.9 Å². The molecule has 2 nitrogen and oxygen atoms in total. The molecule has 1 heterocycles. The summed E-state index contributed by atoms with van der Waals surface area (Å²) in [6.45, 7) is 5.13. The molecule has 0 aliphatic heterocycles. The van der Waals surface area contributed by atoms with Gasteiger partial charge in [-0.3, -0.25) is 0 Å². The number of nitrogens with one attached hydrogen (secondary N) is 1. The zero-order valence-electron chi connectivity index (χ0n) is 9.55. The quantitative estimate of drug-likeness (QED) is 0.868. The molecular formula is C13H15ClN2. The first-order valence-corrected chi connectivity index (χ1v) is 5.90. The summed E-state index contributed by atoms with van der Waals surface area (Å²) in [5.41, 5.74) is 2.13. The van der Waals surface area contributed by atoms with Crippen LogP contribution in [0, 0.1) is 6.92 Å². The van der Waals surface area contributed by atoms with Gasteiger partial charge in [-0.15, -0.1) is 0 Å². The van der Waals surface area contributed by atoms with Crippen LogP contribution in [0.4, 0.5) is 5.82 Å². The number of nitrogens with zero attached hydrogens (tertiary/aromatic N) is 1. The molecule has 16 heavy (non-hydrogen) atoms. The van der Waals surface area contributed by atoms with E-state index in [9.17, 15) is 0 Å². The summed E-state index contributed by atoms with van der Waals surface area (Å²) in [5.74, 6) is 0.916. The van der Waals surface area contributed by atoms with Crippen LogP contribution in [0.3, 0.4) is 0 Å². The maximum atomic E-state index is 6.13. The molecule has 0 spiro atoms. The van der Waals surface area contributed by atoms with E-state index in [2.05, 4.69) is 24.1 Å². The summed E-state index contributed by atoms with van der Waals surface area (Å²) < 4.78 is 0. The highest BCUT2D eigenvalue weighted by Gasteiger charge is 2.04. The van der Waals surface area contributed by atoms with Crippen molar-refractivity contribution in [2.24, 2.45) is 0 Å². The monoisotopic (exact) mass is 234 g/mol. The molecule has 3 heteroatoms. The van der Waals surface area contributed by atoms with Crippen molar-refractivity contribution in [2.75, 3.05) is 11.9 Å². The Morgan fingerprint density at radius 1 is 1.25 bits per heavy atom. The SMILES string of the molecule is CCCNc1ccc2c(Cl)ccc(C)c2n1. The maximum absolute atomic E-state index is 6.13. The lowest BCUT2D eigenvalue weighted by Gasteiger charge is -2.07. The number of fused-ring (bicyclic) bond motifs is 1. The molecule has 2 aromatic rings. The minimum absolute atomic E-state index is 0.759. The number of aryl methyl sites for hydroxylation is 1. The molecule has 0 radical (unpaired) electrons. The average Bonchev–Trinajstić information content (AvgIpc) is 2.31. The first-order chi connectivity index (χ1) is 7.72. The second kappa shape index (κ2) is 4.71. The normalized spacial score (nSPS) is 10.7. The molecule has 1 N–H and O–H groups in total. The van der Waals surface area contributed by atoms with Crippen molar-refractivity contribution in [1.29, 1.82) is 0 Å². The lowest BCUT2D eigenvalue weighted by molar-refractivity contribution is 0.971. The minimum Gasteiger partial charge on any atom is -0.370 e. The van der Waals surface area contributed by atoms with E-state index >= 15 is 0 Å². The van der Waals surface area contributed by atoms with Crippen molar-refractivity contribution in [1.82, 2.24) is 4.98 Å². The number of hydrogen-bond donors (Lipinski definition) is 1. The van der Waals surface area contributed by atoms with E-state index in [1.807, 2.05) is 24.3 Å². The van der Waals surface area contributed by atoms with Crippen molar-refractivity contribution in [3.63, 3.8) is 0 Å². The van der Waals surface area contributed by atoms with Gasteiger partial charge in [0, 0.05) is 17.0 Å². The fourth-order valence-electron chi connectivity index (χ4n) is 1.67. The van der Waals surface area contributed by atoms with Crippen LogP contribution in [0.5, 0.6) is 0 Å². The molecule has 84 valence electrons. The lowest BCUT2D eigenvalue weighted by Crippen LogP contribution is -2.01. The van der Waals surface area contributed by atoms with Crippen molar-refractivity contribution < 1.29 is 0 Å². The zero-order valence-corrected chi connectivity index (χ0v) is 10.3. The number of halogens is 1. The zero-order chi connectivity index (χ0) is 11.5. The largest absolute Gasteiger partial charge is 0.370 e. The number of benzene rings is 1. The third-order valence-corrected chi connectivity index (χ3v) is 2.89. The number of hydrogen-bond acceptors (Lipinski definition) is 2. The Morgan fingerprint density at radius 3 is 2.81 bits per heavy atom. The predicted molar refractivity (Wildman–Crippen MR) is 70.3 cm³/mol. The van der Waals surface area contributed by atoms with E-state index in [0.29, 0.717) is 0 Å². The average molecular weight is 235 g/mol. The molecule has 2 rings (SSSR count). The number of aromatic nitrogens is 1. The summed E-state index contributed by atoms with van der Waals surface area (Å²) in [6.07, 6.45) is 1.09. The van der Waals surface area contributed by atoms with Crippen molar-refractivity contribution in [2.45, 2.75) is 20.3 Å². The van der Waals surface area contributed by atoms with Gasteiger partial charge in [0.2, 0.25) is 0 Å². The summed E-state index contributed by atoms with van der Waals surface area (Å²) in [5, 5.41) is 5.06. The summed E-state index contributed by atoms with van der Waals surface area (Å²) in [7, 11) is 0. The van der Waals surface area contributed by atoms with Crippen molar-refractivity contribution in [3.05, 3.63) is 34.9 Å². The second-order valence-electron chi connectivity index (χ2n) is 3.88. The van der Waals surface area contributed by atoms with Crippen LogP contribution < -0.4 is 5.32 Å². The highest BCUT2D eigenvalue weighted by Crippen LogP contribution is 2.26. The highest BCUT2D eigenvalue weighted by molar-refractivity contribution is 6.35. The Hall–Kier alpha value is -1.28. The molecule has 0 saturated heterocycles. The van der Waals surface area contributed by atoms with E-state index in [4.69, 9.17) is 11.6 Å². The number of anilines is 1. The van der Waals surface area contributed by atoms with Gasteiger partial charge in [-0.2, -0.15) is 0 Å². The third kappa shape index (κ3) is 2.12. The van der Waals surface area contributed by atoms with Crippen LogP contribution in [-0.4, -0.2) is 11.5 Å². The Balaban J connectivity index is 2.48. The fourth-order valence-corrected chi connectivity index (χ4v) is 1.89. The van der Waals surface area contributed by atoms with Gasteiger partial charge in [0.25, 0.3) is 0 Å². The minimum atomic E-state index is 0.759. The highest BCUT2D eigenvalue weighted by atomic mass is 35.5. The number of rotatable bonds is 3. The van der Waals surface area contributed by atoms with Gasteiger partial charge < -0.3 is 5.32 Å². The first-order valence-electron chi connectivity index (χ1n) is 5.52. The van der Waals surface area contributed by atoms with Gasteiger partial charge in [-0.05, 0) is 37.1 Å². The smallest absolute Gasteiger partial charge is 0.126 e. The van der Waals surface area contributed by atoms with Gasteiger partial charge in [-0.25, -0.2) is 4.98 Å². The number of pyridine rings is 1. The van der Waals surface area contributed by atoms with Crippen LogP contribution in [0.25, 0.3) is 10.9 Å². The van der Waals surface area contributed by atoms with E-state index in [0.717, 1.165) is 40.3 Å². The molecular weight excluding hydrogens is 220 g/mol. The van der Waals surface area contributed by atoms with Crippen LogP contribution in [0.1, 0.15) is 18.9 Å². The lowest BCUT2D eigenvalue weighted by atomic mass is 10.1. The molecule has 0 atom stereocenters. The van der Waals surface area contributed by atoms with Crippen molar-refractivity contribution >= 4 is 28.3 Å².